The van der Waals surface area contributed by atoms with Crippen LogP contribution in [0.25, 0.3) is 0 Å². The van der Waals surface area contributed by atoms with Crippen molar-refractivity contribution in [3.05, 3.63) is 64.0 Å². The van der Waals surface area contributed by atoms with Gasteiger partial charge in [-0.15, -0.1) is 0 Å². The topological polar surface area (TPSA) is 53.0 Å². The Morgan fingerprint density at radius 1 is 1.06 bits per heavy atom. The molecule has 1 amide bonds. The molecule has 2 fully saturated rings. The third-order valence-corrected chi connectivity index (χ3v) is 8.70. The summed E-state index contributed by atoms with van der Waals surface area (Å²) in [6, 6.07) is 15.8. The molecule has 170 valence electrons. The predicted molar refractivity (Wildman–Crippen MR) is 137 cm³/mol. The predicted octanol–water partition coefficient (Wildman–Crippen LogP) is 6.59. The van der Waals surface area contributed by atoms with Crippen molar-refractivity contribution in [3.8, 4) is 0 Å². The fourth-order valence-electron chi connectivity index (χ4n) is 4.68. The van der Waals surface area contributed by atoms with Crippen LogP contribution in [0, 0.1) is 0 Å². The molecule has 2 aromatic carbocycles. The van der Waals surface area contributed by atoms with Crippen LogP contribution in [-0.2, 0) is 4.79 Å². The van der Waals surface area contributed by atoms with Crippen molar-refractivity contribution in [1.29, 1.82) is 0 Å². The standard InChI is InChI=1S/C26H27N3O2S2/c1-3-28-21-14-7-8-15-22(21)32-25(28)23-24(31)29(20-12-5-4-6-13-20)26(33-23)27-19-11-9-10-18(16-19)17(2)30/h7-11,14-16,20H,3-6,12-13H2,1-2H3. The van der Waals surface area contributed by atoms with Gasteiger partial charge in [-0.2, -0.15) is 0 Å². The van der Waals surface area contributed by atoms with E-state index in [0.717, 1.165) is 53.0 Å². The molecule has 0 aromatic heterocycles. The fraction of sp³-hybridized carbons (Fsp3) is 0.346. The van der Waals surface area contributed by atoms with E-state index >= 15 is 0 Å². The van der Waals surface area contributed by atoms with Crippen LogP contribution in [0.1, 0.15) is 56.3 Å². The van der Waals surface area contributed by atoms with E-state index in [1.54, 1.807) is 24.8 Å². The number of carbonyl (C=O) groups is 2. The summed E-state index contributed by atoms with van der Waals surface area (Å²) in [6.45, 7) is 4.48. The third-order valence-electron chi connectivity index (χ3n) is 6.35. The first-order chi connectivity index (χ1) is 16.1. The van der Waals surface area contributed by atoms with Gasteiger partial charge in [0.2, 0.25) is 0 Å². The largest absolute Gasteiger partial charge is 0.334 e. The molecule has 0 N–H and O–H groups in total. The first-order valence-electron chi connectivity index (χ1n) is 11.6. The second-order valence-corrected chi connectivity index (χ2v) is 10.5. The van der Waals surface area contributed by atoms with Crippen molar-refractivity contribution in [2.24, 2.45) is 4.99 Å². The number of benzene rings is 2. The Morgan fingerprint density at radius 2 is 1.85 bits per heavy atom. The second-order valence-electron chi connectivity index (χ2n) is 8.52. The number of ketones is 1. The summed E-state index contributed by atoms with van der Waals surface area (Å²) < 4.78 is 0. The van der Waals surface area contributed by atoms with Gasteiger partial charge < -0.3 is 4.90 Å². The zero-order valence-corrected chi connectivity index (χ0v) is 20.5. The zero-order valence-electron chi connectivity index (χ0n) is 18.9. The van der Waals surface area contributed by atoms with Crippen LogP contribution in [0.5, 0.6) is 0 Å². The maximum Gasteiger partial charge on any atom is 0.269 e. The van der Waals surface area contributed by atoms with E-state index in [-0.39, 0.29) is 17.7 Å². The smallest absolute Gasteiger partial charge is 0.269 e. The molecule has 0 radical (unpaired) electrons. The number of aliphatic imine (C=N–C) groups is 1. The van der Waals surface area contributed by atoms with Gasteiger partial charge in [0, 0.05) is 23.0 Å². The molecule has 2 aliphatic heterocycles. The lowest BCUT2D eigenvalue weighted by molar-refractivity contribution is -0.124. The Balaban J connectivity index is 1.57. The molecule has 3 aliphatic rings. The van der Waals surface area contributed by atoms with Crippen molar-refractivity contribution < 1.29 is 9.59 Å². The lowest BCUT2D eigenvalue weighted by atomic mass is 9.94. The monoisotopic (exact) mass is 477 g/mol. The fourth-order valence-corrected chi connectivity index (χ4v) is 7.13. The van der Waals surface area contributed by atoms with Gasteiger partial charge in [-0.3, -0.25) is 14.5 Å². The second kappa shape index (κ2) is 9.39. The summed E-state index contributed by atoms with van der Waals surface area (Å²) in [7, 11) is 0. The minimum Gasteiger partial charge on any atom is -0.334 e. The summed E-state index contributed by atoms with van der Waals surface area (Å²) in [6.07, 6.45) is 5.51. The lowest BCUT2D eigenvalue weighted by Crippen LogP contribution is -2.40. The van der Waals surface area contributed by atoms with Crippen LogP contribution in [0.15, 0.2) is 68.4 Å². The molecule has 0 atom stereocenters. The number of Topliss-reactive ketones (excluding diaryl/α,β-unsaturated/α-hetero) is 1. The van der Waals surface area contributed by atoms with Crippen LogP contribution in [-0.4, -0.2) is 34.3 Å². The molecule has 33 heavy (non-hydrogen) atoms. The number of carbonyl (C=O) groups excluding carboxylic acids is 2. The maximum absolute atomic E-state index is 13.9. The van der Waals surface area contributed by atoms with E-state index in [9.17, 15) is 9.59 Å². The minimum absolute atomic E-state index is 0.0119. The van der Waals surface area contributed by atoms with Crippen molar-refractivity contribution in [2.45, 2.75) is 56.9 Å². The molecule has 5 nitrogen and oxygen atoms in total. The molecule has 0 spiro atoms. The summed E-state index contributed by atoms with van der Waals surface area (Å²) >= 11 is 3.15. The average molecular weight is 478 g/mol. The van der Waals surface area contributed by atoms with Gasteiger partial charge in [0.1, 0.15) is 9.93 Å². The Kier molecular flexibility index (Phi) is 6.34. The van der Waals surface area contributed by atoms with Gasteiger partial charge in [0.25, 0.3) is 5.91 Å². The molecule has 1 saturated heterocycles. The number of hydrogen-bond acceptors (Lipinski definition) is 6. The number of rotatable bonds is 4. The minimum atomic E-state index is 0.0119. The molecule has 2 aromatic rings. The highest BCUT2D eigenvalue weighted by Gasteiger charge is 2.42. The number of anilines is 1. The zero-order chi connectivity index (χ0) is 22.9. The highest BCUT2D eigenvalue weighted by molar-refractivity contribution is 8.19. The van der Waals surface area contributed by atoms with Crippen LogP contribution in [0.2, 0.25) is 0 Å². The maximum atomic E-state index is 13.9. The first-order valence-corrected chi connectivity index (χ1v) is 13.2. The van der Waals surface area contributed by atoms with E-state index in [4.69, 9.17) is 4.99 Å². The Bertz CT molecular complexity index is 1170. The lowest BCUT2D eigenvalue weighted by Gasteiger charge is -2.30. The van der Waals surface area contributed by atoms with Crippen molar-refractivity contribution in [1.82, 2.24) is 4.90 Å². The normalized spacial score (nSPS) is 22.4. The van der Waals surface area contributed by atoms with Crippen LogP contribution < -0.4 is 4.90 Å². The van der Waals surface area contributed by atoms with Gasteiger partial charge >= 0.3 is 0 Å². The van der Waals surface area contributed by atoms with Gasteiger partial charge in [-0.25, -0.2) is 4.99 Å². The van der Waals surface area contributed by atoms with E-state index in [1.165, 1.54) is 23.1 Å². The van der Waals surface area contributed by atoms with Crippen LogP contribution >= 0.6 is 23.5 Å². The van der Waals surface area contributed by atoms with E-state index in [2.05, 4.69) is 24.0 Å². The Morgan fingerprint density at radius 3 is 2.61 bits per heavy atom. The molecule has 7 heteroatoms. The molecular weight excluding hydrogens is 450 g/mol. The van der Waals surface area contributed by atoms with Crippen LogP contribution in [0.3, 0.4) is 0 Å². The third kappa shape index (κ3) is 4.24. The number of hydrogen-bond donors (Lipinski definition) is 0. The van der Waals surface area contributed by atoms with Crippen LogP contribution in [0.4, 0.5) is 11.4 Å². The summed E-state index contributed by atoms with van der Waals surface area (Å²) in [5.41, 5.74) is 2.50. The molecule has 2 heterocycles. The molecule has 1 saturated carbocycles. The Hall–Kier alpha value is -2.51. The molecule has 0 unspecified atom stereocenters. The highest BCUT2D eigenvalue weighted by Crippen LogP contribution is 2.51. The average Bonchev–Trinajstić information content (AvgIpc) is 3.36. The number of thioether (sulfide) groups is 2. The van der Waals surface area contributed by atoms with Gasteiger partial charge in [-0.1, -0.05) is 55.3 Å². The SMILES string of the molecule is CCN1C(=C2SC(=Nc3cccc(C(C)=O)c3)N(C3CCCCC3)C2=O)Sc2ccccc21. The van der Waals surface area contributed by atoms with Gasteiger partial charge in [0.05, 0.1) is 11.4 Å². The molecule has 1 aliphatic carbocycles. The highest BCUT2D eigenvalue weighted by atomic mass is 32.2. The van der Waals surface area contributed by atoms with Crippen molar-refractivity contribution in [3.63, 3.8) is 0 Å². The summed E-state index contributed by atoms with van der Waals surface area (Å²) in [5.74, 6) is 0.0694. The molecule has 5 rings (SSSR count). The molecule has 0 bridgehead atoms. The quantitative estimate of drug-likeness (QED) is 0.367. The number of amidine groups is 1. The van der Waals surface area contributed by atoms with E-state index < -0.39 is 0 Å². The number of amides is 1. The summed E-state index contributed by atoms with van der Waals surface area (Å²) in [5, 5.41) is 1.72. The van der Waals surface area contributed by atoms with Crippen molar-refractivity contribution in [2.75, 3.05) is 11.4 Å². The van der Waals surface area contributed by atoms with Crippen molar-refractivity contribution >= 4 is 51.8 Å². The molecular formula is C26H27N3O2S2. The number of para-hydroxylation sites is 1. The first kappa shape index (κ1) is 22.3. The Labute approximate surface area is 203 Å². The number of nitrogens with zero attached hydrogens (tertiary/aromatic N) is 3. The summed E-state index contributed by atoms with van der Waals surface area (Å²) in [4.78, 5) is 36.7. The number of fused-ring (bicyclic) bond motifs is 1. The van der Waals surface area contributed by atoms with E-state index in [0.29, 0.717) is 11.3 Å². The van der Waals surface area contributed by atoms with Gasteiger partial charge in [0.15, 0.2) is 11.0 Å². The van der Waals surface area contributed by atoms with E-state index in [1.807, 2.05) is 35.2 Å². The van der Waals surface area contributed by atoms with Gasteiger partial charge in [-0.05, 0) is 62.7 Å².